The number of rotatable bonds is 6. The Hall–Kier alpha value is -0.340. The number of carbonyl (C=O) groups is 1. The molecule has 0 fully saturated rings. The van der Waals surface area contributed by atoms with Crippen LogP contribution in [-0.2, 0) is 14.8 Å². The molecule has 0 aromatic carbocycles. The van der Waals surface area contributed by atoms with Crippen LogP contribution in [0.5, 0.6) is 0 Å². The van der Waals surface area contributed by atoms with Crippen LogP contribution >= 0.6 is 34.5 Å². The van der Waals surface area contributed by atoms with Crippen LogP contribution in [0.15, 0.2) is 11.0 Å². The van der Waals surface area contributed by atoms with E-state index in [1.165, 1.54) is 6.07 Å². The lowest BCUT2D eigenvalue weighted by Crippen LogP contribution is -2.39. The minimum absolute atomic E-state index is 0.0531. The fourth-order valence-corrected chi connectivity index (χ4v) is 5.28. The Bertz CT molecular complexity index is 620. The summed E-state index contributed by atoms with van der Waals surface area (Å²) in [5.41, 5.74) is -0.223. The zero-order chi connectivity index (χ0) is 16.4. The average Bonchev–Trinajstić information content (AvgIpc) is 2.53. The predicted octanol–water partition coefficient (Wildman–Crippen LogP) is 3.61. The third kappa shape index (κ3) is 6.12. The van der Waals surface area contributed by atoms with Gasteiger partial charge in [-0.3, -0.25) is 4.79 Å². The molecule has 0 aliphatic rings. The van der Waals surface area contributed by atoms with Gasteiger partial charge in [-0.1, -0.05) is 44.0 Å². The van der Waals surface area contributed by atoms with Crippen molar-refractivity contribution in [1.29, 1.82) is 0 Å². The summed E-state index contributed by atoms with van der Waals surface area (Å²) in [5.74, 6) is -1.07. The molecule has 1 aromatic heterocycles. The minimum atomic E-state index is -3.91. The SMILES string of the molecule is CC(C)(C)CC(CC(=O)O)NS(=O)(=O)c1cc(Cl)sc1Cl. The lowest BCUT2D eigenvalue weighted by Gasteiger charge is -2.25. The topological polar surface area (TPSA) is 83.5 Å². The number of thiophene rings is 1. The number of aliphatic carboxylic acids is 1. The van der Waals surface area contributed by atoms with E-state index in [2.05, 4.69) is 4.72 Å². The molecule has 1 unspecified atom stereocenters. The number of carboxylic acids is 1. The third-order valence-corrected chi connectivity index (χ3v) is 5.79. The lowest BCUT2D eigenvalue weighted by atomic mass is 9.87. The van der Waals surface area contributed by atoms with Gasteiger partial charge in [0.1, 0.15) is 9.23 Å². The van der Waals surface area contributed by atoms with Crippen LogP contribution in [0.2, 0.25) is 8.67 Å². The maximum absolute atomic E-state index is 12.3. The minimum Gasteiger partial charge on any atom is -0.481 e. The first-order chi connectivity index (χ1) is 9.40. The summed E-state index contributed by atoms with van der Waals surface area (Å²) in [6.45, 7) is 5.72. The summed E-state index contributed by atoms with van der Waals surface area (Å²) < 4.78 is 27.3. The van der Waals surface area contributed by atoms with Crippen LogP contribution in [0.3, 0.4) is 0 Å². The van der Waals surface area contributed by atoms with E-state index in [9.17, 15) is 13.2 Å². The highest BCUT2D eigenvalue weighted by atomic mass is 35.5. The van der Waals surface area contributed by atoms with E-state index in [1.54, 1.807) is 0 Å². The van der Waals surface area contributed by atoms with Crippen molar-refractivity contribution in [2.75, 3.05) is 0 Å². The molecule has 1 rings (SSSR count). The van der Waals surface area contributed by atoms with Gasteiger partial charge in [-0.25, -0.2) is 13.1 Å². The molecule has 0 aliphatic carbocycles. The second-order valence-corrected chi connectivity index (χ2v) is 9.84. The molecule has 0 saturated heterocycles. The predicted molar refractivity (Wildman–Crippen MR) is 84.8 cm³/mol. The smallest absolute Gasteiger partial charge is 0.304 e. The molecule has 120 valence electrons. The molecular formula is C12H17Cl2NO4S2. The maximum atomic E-state index is 12.3. The quantitative estimate of drug-likeness (QED) is 0.797. The van der Waals surface area contributed by atoms with Crippen molar-refractivity contribution in [3.05, 3.63) is 14.7 Å². The van der Waals surface area contributed by atoms with E-state index in [0.717, 1.165) is 11.3 Å². The van der Waals surface area contributed by atoms with Gasteiger partial charge in [0.25, 0.3) is 0 Å². The number of carboxylic acid groups (broad SMARTS) is 1. The standard InChI is InChI=1S/C12H17Cl2NO4S2/c1-12(2,3)6-7(4-10(16)17)15-21(18,19)8-5-9(13)20-11(8)14/h5,7,15H,4,6H2,1-3H3,(H,16,17). The Morgan fingerprint density at radius 2 is 2.00 bits per heavy atom. The van der Waals surface area contributed by atoms with Crippen molar-refractivity contribution in [1.82, 2.24) is 4.72 Å². The van der Waals surface area contributed by atoms with Crippen molar-refractivity contribution >= 4 is 50.5 Å². The molecule has 9 heteroatoms. The molecule has 0 aliphatic heterocycles. The van der Waals surface area contributed by atoms with Crippen molar-refractivity contribution in [2.24, 2.45) is 5.41 Å². The van der Waals surface area contributed by atoms with E-state index in [-0.39, 0.29) is 25.4 Å². The van der Waals surface area contributed by atoms with Gasteiger partial charge in [0, 0.05) is 6.04 Å². The van der Waals surface area contributed by atoms with E-state index in [0.29, 0.717) is 6.42 Å². The number of sulfonamides is 1. The molecule has 0 radical (unpaired) electrons. The molecule has 1 heterocycles. The fourth-order valence-electron chi connectivity index (χ4n) is 1.90. The zero-order valence-corrected chi connectivity index (χ0v) is 15.0. The molecular weight excluding hydrogens is 357 g/mol. The average molecular weight is 374 g/mol. The molecule has 0 saturated carbocycles. The second kappa shape index (κ2) is 6.83. The highest BCUT2D eigenvalue weighted by Gasteiger charge is 2.28. The van der Waals surface area contributed by atoms with Crippen LogP contribution in [-0.4, -0.2) is 25.5 Å². The fraction of sp³-hybridized carbons (Fsp3) is 0.583. The molecule has 0 amide bonds. The normalized spacial score (nSPS) is 14.1. The van der Waals surface area contributed by atoms with Gasteiger partial charge in [-0.05, 0) is 17.9 Å². The molecule has 0 bridgehead atoms. The summed E-state index contributed by atoms with van der Waals surface area (Å²) in [7, 11) is -3.91. The molecule has 1 atom stereocenters. The third-order valence-electron chi connectivity index (χ3n) is 2.52. The zero-order valence-electron chi connectivity index (χ0n) is 11.8. The summed E-state index contributed by atoms with van der Waals surface area (Å²) in [4.78, 5) is 10.8. The molecule has 5 nitrogen and oxygen atoms in total. The van der Waals surface area contributed by atoms with E-state index in [4.69, 9.17) is 28.3 Å². The van der Waals surface area contributed by atoms with Gasteiger partial charge < -0.3 is 5.11 Å². The van der Waals surface area contributed by atoms with Crippen LogP contribution in [0.25, 0.3) is 0 Å². The number of nitrogens with one attached hydrogen (secondary N) is 1. The Morgan fingerprint density at radius 3 is 2.38 bits per heavy atom. The monoisotopic (exact) mass is 373 g/mol. The van der Waals surface area contributed by atoms with Crippen molar-refractivity contribution in [3.63, 3.8) is 0 Å². The highest BCUT2D eigenvalue weighted by Crippen LogP contribution is 2.34. The molecule has 2 N–H and O–H groups in total. The summed E-state index contributed by atoms with van der Waals surface area (Å²) >= 11 is 12.5. The number of halogens is 2. The Morgan fingerprint density at radius 1 is 1.43 bits per heavy atom. The Labute approximate surface area is 138 Å². The van der Waals surface area contributed by atoms with Crippen molar-refractivity contribution < 1.29 is 18.3 Å². The van der Waals surface area contributed by atoms with E-state index in [1.807, 2.05) is 20.8 Å². The van der Waals surface area contributed by atoms with Crippen LogP contribution in [0.4, 0.5) is 0 Å². The van der Waals surface area contributed by atoms with Gasteiger partial charge in [0.05, 0.1) is 10.8 Å². The molecule has 21 heavy (non-hydrogen) atoms. The lowest BCUT2D eigenvalue weighted by molar-refractivity contribution is -0.137. The maximum Gasteiger partial charge on any atom is 0.304 e. The van der Waals surface area contributed by atoms with Gasteiger partial charge in [0.15, 0.2) is 0 Å². The van der Waals surface area contributed by atoms with Gasteiger partial charge >= 0.3 is 5.97 Å². The van der Waals surface area contributed by atoms with Crippen LogP contribution < -0.4 is 4.72 Å². The second-order valence-electron chi connectivity index (χ2n) is 5.87. The summed E-state index contributed by atoms with van der Waals surface area (Å²) in [6.07, 6.45) is 0.0833. The first-order valence-corrected chi connectivity index (χ1v) is 9.15. The summed E-state index contributed by atoms with van der Waals surface area (Å²) in [6, 6.07) is 0.536. The van der Waals surface area contributed by atoms with Crippen molar-refractivity contribution in [3.8, 4) is 0 Å². The first-order valence-electron chi connectivity index (χ1n) is 6.10. The Kier molecular flexibility index (Phi) is 6.08. The van der Waals surface area contributed by atoms with Crippen LogP contribution in [0.1, 0.15) is 33.6 Å². The summed E-state index contributed by atoms with van der Waals surface area (Å²) in [5, 5.41) is 8.93. The number of hydrogen-bond donors (Lipinski definition) is 2. The van der Waals surface area contributed by atoms with E-state index >= 15 is 0 Å². The Balaban J connectivity index is 3.01. The number of hydrogen-bond acceptors (Lipinski definition) is 4. The van der Waals surface area contributed by atoms with E-state index < -0.39 is 22.0 Å². The van der Waals surface area contributed by atoms with Crippen molar-refractivity contribution in [2.45, 2.75) is 44.6 Å². The van der Waals surface area contributed by atoms with Gasteiger partial charge in [0.2, 0.25) is 10.0 Å². The molecule has 0 spiro atoms. The largest absolute Gasteiger partial charge is 0.481 e. The molecule has 1 aromatic rings. The van der Waals surface area contributed by atoms with Crippen LogP contribution in [0, 0.1) is 5.41 Å². The van der Waals surface area contributed by atoms with Gasteiger partial charge in [-0.15, -0.1) is 11.3 Å². The first kappa shape index (κ1) is 18.7. The van der Waals surface area contributed by atoms with Gasteiger partial charge in [-0.2, -0.15) is 0 Å². The highest BCUT2D eigenvalue weighted by molar-refractivity contribution is 7.89.